The average molecular weight is 328 g/mol. The first-order valence-corrected chi connectivity index (χ1v) is 8.88. The van der Waals surface area contributed by atoms with E-state index in [1.807, 2.05) is 30.3 Å². The van der Waals surface area contributed by atoms with Crippen molar-refractivity contribution in [3.05, 3.63) is 35.9 Å². The minimum atomic E-state index is -1.16. The Morgan fingerprint density at radius 3 is 1.96 bits per heavy atom. The minimum absolute atomic E-state index is 0.521. The third-order valence-electron chi connectivity index (χ3n) is 4.25. The van der Waals surface area contributed by atoms with Crippen LogP contribution in [0.3, 0.4) is 0 Å². The van der Waals surface area contributed by atoms with Crippen molar-refractivity contribution in [2.75, 3.05) is 0 Å². The summed E-state index contributed by atoms with van der Waals surface area (Å²) in [4.78, 5) is 29.4. The Morgan fingerprint density at radius 2 is 1.42 bits per heavy atom. The van der Waals surface area contributed by atoms with Crippen molar-refractivity contribution in [2.45, 2.75) is 70.9 Å². The van der Waals surface area contributed by atoms with Gasteiger partial charge in [-0.25, -0.2) is 9.59 Å². The second kappa shape index (κ2) is 11.5. The van der Waals surface area contributed by atoms with E-state index in [1.165, 1.54) is 25.7 Å². The number of isocyanates is 2. The molecule has 0 aliphatic carbocycles. The summed E-state index contributed by atoms with van der Waals surface area (Å²) in [6.45, 7) is 4.51. The van der Waals surface area contributed by atoms with E-state index in [4.69, 9.17) is 0 Å². The van der Waals surface area contributed by atoms with Crippen LogP contribution in [-0.4, -0.2) is 12.2 Å². The number of hydrogen-bond donors (Lipinski definition) is 0. The molecule has 0 aliphatic heterocycles. The first-order chi connectivity index (χ1) is 11.6. The third kappa shape index (κ3) is 7.04. The van der Waals surface area contributed by atoms with Crippen LogP contribution in [0, 0.1) is 5.92 Å². The zero-order valence-corrected chi connectivity index (χ0v) is 14.8. The van der Waals surface area contributed by atoms with Crippen molar-refractivity contribution in [1.29, 1.82) is 0 Å². The first kappa shape index (κ1) is 20.0. The van der Waals surface area contributed by atoms with Gasteiger partial charge >= 0.3 is 0 Å². The zero-order chi connectivity index (χ0) is 17.7. The number of rotatable bonds is 12. The predicted molar refractivity (Wildman–Crippen MR) is 96.1 cm³/mol. The van der Waals surface area contributed by atoms with Crippen LogP contribution in [-0.2, 0) is 15.3 Å². The summed E-state index contributed by atoms with van der Waals surface area (Å²) >= 11 is 0. The molecule has 0 bridgehead atoms. The van der Waals surface area contributed by atoms with Gasteiger partial charge in [-0.05, 0) is 18.8 Å². The van der Waals surface area contributed by atoms with Crippen molar-refractivity contribution in [3.8, 4) is 0 Å². The Morgan fingerprint density at radius 1 is 0.875 bits per heavy atom. The fourth-order valence-electron chi connectivity index (χ4n) is 2.90. The number of carbonyl (C=O) groups excluding carboxylic acids is 2. The molecule has 0 spiro atoms. The molecule has 0 N–H and O–H groups in total. The molecule has 0 heterocycles. The average Bonchev–Trinajstić information content (AvgIpc) is 2.58. The molecule has 1 aromatic rings. The van der Waals surface area contributed by atoms with Gasteiger partial charge in [-0.15, -0.1) is 0 Å². The van der Waals surface area contributed by atoms with Gasteiger partial charge in [-0.2, -0.15) is 9.98 Å². The van der Waals surface area contributed by atoms with E-state index in [-0.39, 0.29) is 0 Å². The van der Waals surface area contributed by atoms with Crippen molar-refractivity contribution in [1.82, 2.24) is 0 Å². The largest absolute Gasteiger partial charge is 0.237 e. The lowest BCUT2D eigenvalue weighted by Gasteiger charge is -2.22. The van der Waals surface area contributed by atoms with Crippen LogP contribution in [0.5, 0.6) is 0 Å². The van der Waals surface area contributed by atoms with Crippen molar-refractivity contribution in [3.63, 3.8) is 0 Å². The Bertz CT molecular complexity index is 538. The molecule has 0 atom stereocenters. The molecular weight excluding hydrogens is 300 g/mol. The number of nitrogens with zero attached hydrogens (tertiary/aromatic N) is 2. The van der Waals surface area contributed by atoms with E-state index in [2.05, 4.69) is 23.8 Å². The SMILES string of the molecule is CC(C)CCCCCCCCC(N=C=O)(N=C=O)c1ccccc1. The second-order valence-corrected chi connectivity index (χ2v) is 6.64. The topological polar surface area (TPSA) is 58.9 Å². The van der Waals surface area contributed by atoms with Gasteiger partial charge in [-0.3, -0.25) is 0 Å². The molecule has 130 valence electrons. The summed E-state index contributed by atoms with van der Waals surface area (Å²) < 4.78 is 0. The summed E-state index contributed by atoms with van der Waals surface area (Å²) in [6, 6.07) is 9.22. The van der Waals surface area contributed by atoms with Gasteiger partial charge in [0.05, 0.1) is 0 Å². The number of unbranched alkanes of at least 4 members (excludes halogenated alkanes) is 5. The lowest BCUT2D eigenvalue weighted by Crippen LogP contribution is -2.21. The van der Waals surface area contributed by atoms with E-state index < -0.39 is 5.66 Å². The van der Waals surface area contributed by atoms with Gasteiger partial charge in [0.25, 0.3) is 0 Å². The lowest BCUT2D eigenvalue weighted by molar-refractivity contribution is 0.397. The molecule has 0 radical (unpaired) electrons. The van der Waals surface area contributed by atoms with Crippen molar-refractivity contribution in [2.24, 2.45) is 15.9 Å². The minimum Gasteiger partial charge on any atom is -0.211 e. The number of aliphatic imine (C=N–C) groups is 2. The molecule has 0 saturated heterocycles. The van der Waals surface area contributed by atoms with E-state index in [0.29, 0.717) is 6.42 Å². The van der Waals surface area contributed by atoms with E-state index in [1.54, 1.807) is 12.2 Å². The highest BCUT2D eigenvalue weighted by Crippen LogP contribution is 2.33. The first-order valence-electron chi connectivity index (χ1n) is 8.88. The summed E-state index contributed by atoms with van der Waals surface area (Å²) in [6.07, 6.45) is 11.8. The molecule has 4 nitrogen and oxygen atoms in total. The smallest absolute Gasteiger partial charge is 0.211 e. The van der Waals surface area contributed by atoms with Crippen LogP contribution in [0.1, 0.15) is 70.8 Å². The van der Waals surface area contributed by atoms with Gasteiger partial charge in [0, 0.05) is 5.56 Å². The lowest BCUT2D eigenvalue weighted by atomic mass is 9.93. The molecule has 1 rings (SSSR count). The molecular formula is C20H28N2O2. The molecule has 0 unspecified atom stereocenters. The highest BCUT2D eigenvalue weighted by molar-refractivity contribution is 5.42. The predicted octanol–water partition coefficient (Wildman–Crippen LogP) is 5.29. The fraction of sp³-hybridized carbons (Fsp3) is 0.600. The van der Waals surface area contributed by atoms with Crippen LogP contribution in [0.2, 0.25) is 0 Å². The maximum absolute atomic E-state index is 10.8. The Labute approximate surface area is 145 Å². The molecule has 0 fully saturated rings. The second-order valence-electron chi connectivity index (χ2n) is 6.64. The summed E-state index contributed by atoms with van der Waals surface area (Å²) in [5, 5.41) is 0. The molecule has 4 heteroatoms. The normalized spacial score (nSPS) is 13.0. The van der Waals surface area contributed by atoms with Gasteiger partial charge in [0.1, 0.15) is 0 Å². The van der Waals surface area contributed by atoms with Crippen molar-refractivity contribution < 1.29 is 9.59 Å². The number of hydrogen-bond acceptors (Lipinski definition) is 4. The van der Waals surface area contributed by atoms with Crippen LogP contribution in [0.25, 0.3) is 0 Å². The number of benzene rings is 1. The molecule has 0 aromatic heterocycles. The van der Waals surface area contributed by atoms with Gasteiger partial charge in [0.15, 0.2) is 5.66 Å². The monoisotopic (exact) mass is 328 g/mol. The van der Waals surface area contributed by atoms with E-state index in [9.17, 15) is 9.59 Å². The Hall–Kier alpha value is -2.02. The highest BCUT2D eigenvalue weighted by Gasteiger charge is 2.31. The summed E-state index contributed by atoms with van der Waals surface area (Å²) in [7, 11) is 0. The maximum Gasteiger partial charge on any atom is 0.237 e. The zero-order valence-electron chi connectivity index (χ0n) is 14.8. The highest BCUT2D eigenvalue weighted by atomic mass is 16.1. The van der Waals surface area contributed by atoms with Gasteiger partial charge in [0.2, 0.25) is 12.2 Å². The quantitative estimate of drug-likeness (QED) is 0.297. The molecule has 0 saturated carbocycles. The van der Waals surface area contributed by atoms with Crippen molar-refractivity contribution >= 4 is 12.2 Å². The molecule has 0 aliphatic rings. The van der Waals surface area contributed by atoms with Crippen LogP contribution in [0.4, 0.5) is 0 Å². The Kier molecular flexibility index (Phi) is 9.60. The molecule has 24 heavy (non-hydrogen) atoms. The standard InChI is InChI=1S/C20H28N2O2/c1-18(2)12-8-5-3-4-6-11-15-20(21-16-23,22-17-24)19-13-9-7-10-14-19/h7,9-10,13-14,18H,3-6,8,11-12,15H2,1-2H3. The van der Waals surface area contributed by atoms with Crippen LogP contribution in [0.15, 0.2) is 40.3 Å². The third-order valence-corrected chi connectivity index (χ3v) is 4.25. The van der Waals surface area contributed by atoms with Gasteiger partial charge < -0.3 is 0 Å². The van der Waals surface area contributed by atoms with Crippen LogP contribution < -0.4 is 0 Å². The maximum atomic E-state index is 10.8. The Balaban J connectivity index is 2.52. The van der Waals surface area contributed by atoms with E-state index >= 15 is 0 Å². The summed E-state index contributed by atoms with van der Waals surface area (Å²) in [5.41, 5.74) is -0.434. The fourth-order valence-corrected chi connectivity index (χ4v) is 2.90. The van der Waals surface area contributed by atoms with Gasteiger partial charge in [-0.1, -0.05) is 82.7 Å². The molecule has 1 aromatic carbocycles. The summed E-state index contributed by atoms with van der Waals surface area (Å²) in [5.74, 6) is 0.777. The molecule has 0 amide bonds. The van der Waals surface area contributed by atoms with E-state index in [0.717, 1.165) is 30.7 Å². The van der Waals surface area contributed by atoms with Crippen LogP contribution >= 0.6 is 0 Å².